The predicted octanol–water partition coefficient (Wildman–Crippen LogP) is 3.34. The second-order valence-corrected chi connectivity index (χ2v) is 4.85. The van der Waals surface area contributed by atoms with Gasteiger partial charge in [-0.05, 0) is 13.0 Å². The van der Waals surface area contributed by atoms with Crippen molar-refractivity contribution in [3.8, 4) is 17.0 Å². The minimum atomic E-state index is -0.402. The maximum absolute atomic E-state index is 11.9. The van der Waals surface area contributed by atoms with Crippen LogP contribution < -0.4 is 4.74 Å². The lowest BCUT2D eigenvalue weighted by Gasteiger charge is -2.12. The standard InChI is InChI=1S/C18H21NO4/c1-3-22-18(20)15-12-16(23-11-7-10-21-2)17(19-13-15)14-8-5-4-6-9-14/h4-6,8-9,12-13H,3,7,10-11H2,1-2H3. The number of nitrogens with zero attached hydrogens (tertiary/aromatic N) is 1. The zero-order valence-corrected chi connectivity index (χ0v) is 13.5. The van der Waals surface area contributed by atoms with Crippen molar-refractivity contribution in [2.45, 2.75) is 13.3 Å². The average Bonchev–Trinajstić information content (AvgIpc) is 2.59. The first kappa shape index (κ1) is 17.0. The minimum Gasteiger partial charge on any atom is -0.491 e. The predicted molar refractivity (Wildman–Crippen MR) is 87.6 cm³/mol. The Bertz CT molecular complexity index is 628. The van der Waals surface area contributed by atoms with E-state index in [-0.39, 0.29) is 0 Å². The second-order valence-electron chi connectivity index (χ2n) is 4.85. The Hall–Kier alpha value is -2.40. The van der Waals surface area contributed by atoms with Crippen LogP contribution in [-0.2, 0) is 9.47 Å². The number of esters is 1. The number of carbonyl (C=O) groups excluding carboxylic acids is 1. The smallest absolute Gasteiger partial charge is 0.339 e. The fraction of sp³-hybridized carbons (Fsp3) is 0.333. The summed E-state index contributed by atoms with van der Waals surface area (Å²) in [6.07, 6.45) is 2.27. The van der Waals surface area contributed by atoms with Gasteiger partial charge in [-0.3, -0.25) is 4.98 Å². The third-order valence-electron chi connectivity index (χ3n) is 3.16. The summed E-state index contributed by atoms with van der Waals surface area (Å²) in [4.78, 5) is 16.3. The van der Waals surface area contributed by atoms with Gasteiger partial charge in [0.2, 0.25) is 0 Å². The van der Waals surface area contributed by atoms with Crippen molar-refractivity contribution >= 4 is 5.97 Å². The van der Waals surface area contributed by atoms with E-state index in [0.717, 1.165) is 12.0 Å². The summed E-state index contributed by atoms with van der Waals surface area (Å²) in [6.45, 7) is 3.20. The van der Waals surface area contributed by atoms with Crippen LogP contribution >= 0.6 is 0 Å². The maximum Gasteiger partial charge on any atom is 0.339 e. The highest BCUT2D eigenvalue weighted by molar-refractivity contribution is 5.90. The molecule has 0 aliphatic carbocycles. The summed E-state index contributed by atoms with van der Waals surface area (Å²) in [5.74, 6) is 0.166. The summed E-state index contributed by atoms with van der Waals surface area (Å²) >= 11 is 0. The molecule has 2 rings (SSSR count). The monoisotopic (exact) mass is 315 g/mol. The lowest BCUT2D eigenvalue weighted by atomic mass is 10.1. The molecule has 0 bridgehead atoms. The topological polar surface area (TPSA) is 57.7 Å². The first-order chi connectivity index (χ1) is 11.3. The number of rotatable bonds is 8. The molecule has 1 aromatic heterocycles. The van der Waals surface area contributed by atoms with Gasteiger partial charge in [-0.15, -0.1) is 0 Å². The first-order valence-electron chi connectivity index (χ1n) is 7.60. The average molecular weight is 315 g/mol. The molecule has 0 unspecified atom stereocenters. The van der Waals surface area contributed by atoms with E-state index in [2.05, 4.69) is 4.98 Å². The fourth-order valence-corrected chi connectivity index (χ4v) is 2.08. The molecule has 2 aromatic rings. The molecule has 122 valence electrons. The Morgan fingerprint density at radius 3 is 2.65 bits per heavy atom. The molecule has 0 spiro atoms. The van der Waals surface area contributed by atoms with E-state index in [1.54, 1.807) is 20.1 Å². The van der Waals surface area contributed by atoms with Crippen LogP contribution in [0, 0.1) is 0 Å². The third-order valence-corrected chi connectivity index (χ3v) is 3.16. The van der Waals surface area contributed by atoms with E-state index in [1.165, 1.54) is 6.20 Å². The van der Waals surface area contributed by atoms with Gasteiger partial charge in [0.1, 0.15) is 11.4 Å². The number of pyridine rings is 1. The van der Waals surface area contributed by atoms with Gasteiger partial charge in [0.15, 0.2) is 0 Å². The van der Waals surface area contributed by atoms with Gasteiger partial charge in [0, 0.05) is 31.9 Å². The van der Waals surface area contributed by atoms with Crippen LogP contribution in [0.1, 0.15) is 23.7 Å². The summed E-state index contributed by atoms with van der Waals surface area (Å²) in [5.41, 5.74) is 2.02. The first-order valence-corrected chi connectivity index (χ1v) is 7.60. The molecule has 0 radical (unpaired) electrons. The van der Waals surface area contributed by atoms with Crippen molar-refractivity contribution in [1.29, 1.82) is 0 Å². The second kappa shape index (κ2) is 8.90. The van der Waals surface area contributed by atoms with Gasteiger partial charge in [-0.1, -0.05) is 30.3 Å². The number of methoxy groups -OCH3 is 1. The molecule has 0 atom stereocenters. The minimum absolute atomic E-state index is 0.323. The van der Waals surface area contributed by atoms with Gasteiger partial charge >= 0.3 is 5.97 Å². The molecule has 0 saturated carbocycles. The number of ether oxygens (including phenoxy) is 3. The van der Waals surface area contributed by atoms with Crippen LogP contribution in [0.3, 0.4) is 0 Å². The Balaban J connectivity index is 2.27. The van der Waals surface area contributed by atoms with E-state index >= 15 is 0 Å². The summed E-state index contributed by atoms with van der Waals surface area (Å²) in [6, 6.07) is 11.4. The quantitative estimate of drug-likeness (QED) is 0.552. The van der Waals surface area contributed by atoms with E-state index in [9.17, 15) is 4.79 Å². The molecule has 0 fully saturated rings. The molecule has 0 saturated heterocycles. The van der Waals surface area contributed by atoms with Gasteiger partial charge in [0.05, 0.1) is 18.8 Å². The molecular formula is C18H21NO4. The highest BCUT2D eigenvalue weighted by Crippen LogP contribution is 2.29. The number of hydrogen-bond donors (Lipinski definition) is 0. The maximum atomic E-state index is 11.9. The largest absolute Gasteiger partial charge is 0.491 e. The number of aromatic nitrogens is 1. The van der Waals surface area contributed by atoms with Crippen LogP contribution in [0.4, 0.5) is 0 Å². The van der Waals surface area contributed by atoms with Crippen LogP contribution in [-0.4, -0.2) is 37.9 Å². The lowest BCUT2D eigenvalue weighted by Crippen LogP contribution is -2.08. The molecule has 5 nitrogen and oxygen atoms in total. The highest BCUT2D eigenvalue weighted by Gasteiger charge is 2.14. The van der Waals surface area contributed by atoms with Crippen LogP contribution in [0.15, 0.2) is 42.6 Å². The molecule has 1 aromatic carbocycles. The molecule has 23 heavy (non-hydrogen) atoms. The molecule has 1 heterocycles. The van der Waals surface area contributed by atoms with Gasteiger partial charge in [-0.25, -0.2) is 4.79 Å². The summed E-state index contributed by atoms with van der Waals surface area (Å²) in [7, 11) is 1.65. The SMILES string of the molecule is CCOC(=O)c1cnc(-c2ccccc2)c(OCCCOC)c1. The molecule has 0 aliphatic rings. The Morgan fingerprint density at radius 1 is 1.17 bits per heavy atom. The molecule has 5 heteroatoms. The normalized spacial score (nSPS) is 10.3. The summed E-state index contributed by atoms with van der Waals surface area (Å²) < 4.78 is 15.8. The van der Waals surface area contributed by atoms with E-state index in [1.807, 2.05) is 30.3 Å². The Kier molecular flexibility index (Phi) is 6.56. The van der Waals surface area contributed by atoms with Crippen LogP contribution in [0.25, 0.3) is 11.3 Å². The molecular weight excluding hydrogens is 294 g/mol. The van der Waals surface area contributed by atoms with Gasteiger partial charge in [0.25, 0.3) is 0 Å². The van der Waals surface area contributed by atoms with E-state index in [0.29, 0.717) is 36.8 Å². The molecule has 0 amide bonds. The highest BCUT2D eigenvalue weighted by atomic mass is 16.5. The van der Waals surface area contributed by atoms with Crippen molar-refractivity contribution in [2.75, 3.05) is 26.9 Å². The van der Waals surface area contributed by atoms with Crippen molar-refractivity contribution < 1.29 is 19.0 Å². The fourth-order valence-electron chi connectivity index (χ4n) is 2.08. The number of hydrogen-bond acceptors (Lipinski definition) is 5. The summed E-state index contributed by atoms with van der Waals surface area (Å²) in [5, 5.41) is 0. The molecule has 0 N–H and O–H groups in total. The van der Waals surface area contributed by atoms with Crippen molar-refractivity contribution in [3.63, 3.8) is 0 Å². The van der Waals surface area contributed by atoms with E-state index < -0.39 is 5.97 Å². The number of carbonyl (C=O) groups is 1. The zero-order valence-electron chi connectivity index (χ0n) is 13.5. The number of benzene rings is 1. The Labute approximate surface area is 136 Å². The third kappa shape index (κ3) is 4.79. The van der Waals surface area contributed by atoms with Crippen LogP contribution in [0.5, 0.6) is 5.75 Å². The van der Waals surface area contributed by atoms with E-state index in [4.69, 9.17) is 14.2 Å². The zero-order chi connectivity index (χ0) is 16.5. The Morgan fingerprint density at radius 2 is 1.96 bits per heavy atom. The van der Waals surface area contributed by atoms with Crippen molar-refractivity contribution in [1.82, 2.24) is 4.98 Å². The van der Waals surface area contributed by atoms with Crippen LogP contribution in [0.2, 0.25) is 0 Å². The van der Waals surface area contributed by atoms with Gasteiger partial charge < -0.3 is 14.2 Å². The lowest BCUT2D eigenvalue weighted by molar-refractivity contribution is 0.0525. The van der Waals surface area contributed by atoms with Crippen molar-refractivity contribution in [2.24, 2.45) is 0 Å². The van der Waals surface area contributed by atoms with Crippen molar-refractivity contribution in [3.05, 3.63) is 48.2 Å². The van der Waals surface area contributed by atoms with Gasteiger partial charge in [-0.2, -0.15) is 0 Å². The molecule has 0 aliphatic heterocycles.